The van der Waals surface area contributed by atoms with Gasteiger partial charge in [0, 0.05) is 11.4 Å². The Hall–Kier alpha value is -1.46. The molecule has 1 aromatic carbocycles. The molecule has 0 bridgehead atoms. The highest BCUT2D eigenvalue weighted by Gasteiger charge is 2.12. The molecule has 0 fully saturated rings. The Morgan fingerprint density at radius 3 is 2.67 bits per heavy atom. The minimum Gasteiger partial charge on any atom is -0.352 e. The molecule has 1 aromatic heterocycles. The number of hydrogen-bond donors (Lipinski definition) is 1. The molecule has 0 aliphatic heterocycles. The minimum atomic E-state index is 0.00668. The van der Waals surface area contributed by atoms with E-state index in [4.69, 9.17) is 12.2 Å². The van der Waals surface area contributed by atoms with Crippen molar-refractivity contribution in [1.29, 1.82) is 0 Å². The van der Waals surface area contributed by atoms with Gasteiger partial charge in [0.15, 0.2) is 3.95 Å². The van der Waals surface area contributed by atoms with E-state index in [-0.39, 0.29) is 18.5 Å². The van der Waals surface area contributed by atoms with Crippen LogP contribution in [0.25, 0.3) is 11.3 Å². The van der Waals surface area contributed by atoms with Gasteiger partial charge in [-0.2, -0.15) is 0 Å². The summed E-state index contributed by atoms with van der Waals surface area (Å²) in [6.45, 7) is 6.39. The van der Waals surface area contributed by atoms with E-state index in [1.54, 1.807) is 0 Å². The average molecular weight is 320 g/mol. The SMILES string of the molecule is CC[C@H](C)NC(=O)Cn1c(-c2ccc(C)cc2)csc1=S. The number of benzene rings is 1. The summed E-state index contributed by atoms with van der Waals surface area (Å²) >= 11 is 6.85. The molecular weight excluding hydrogens is 300 g/mol. The maximum absolute atomic E-state index is 12.1. The van der Waals surface area contributed by atoms with Crippen LogP contribution < -0.4 is 5.32 Å². The molecule has 1 N–H and O–H groups in total. The first-order valence-electron chi connectivity index (χ1n) is 7.06. The largest absolute Gasteiger partial charge is 0.352 e. The standard InChI is InChI=1S/C16H20N2OS2/c1-4-12(3)17-15(19)9-18-14(10-21-16(18)20)13-7-5-11(2)6-8-13/h5-8,10,12H,4,9H2,1-3H3,(H,17,19)/t12-/m0/s1. The molecule has 112 valence electrons. The first-order valence-corrected chi connectivity index (χ1v) is 8.34. The van der Waals surface area contributed by atoms with Crippen LogP contribution >= 0.6 is 23.6 Å². The van der Waals surface area contributed by atoms with Crippen LogP contribution in [0.15, 0.2) is 29.6 Å². The summed E-state index contributed by atoms with van der Waals surface area (Å²) in [5.74, 6) is 0.00668. The number of aromatic nitrogens is 1. The molecule has 1 heterocycles. The highest BCUT2D eigenvalue weighted by atomic mass is 32.1. The van der Waals surface area contributed by atoms with Crippen LogP contribution in [0.5, 0.6) is 0 Å². The van der Waals surface area contributed by atoms with E-state index in [2.05, 4.69) is 43.4 Å². The lowest BCUT2D eigenvalue weighted by Crippen LogP contribution is -2.34. The Morgan fingerprint density at radius 1 is 1.38 bits per heavy atom. The Kier molecular flexibility index (Phi) is 5.31. The maximum atomic E-state index is 12.1. The molecule has 0 spiro atoms. The predicted molar refractivity (Wildman–Crippen MR) is 91.2 cm³/mol. The van der Waals surface area contributed by atoms with Gasteiger partial charge in [0.1, 0.15) is 6.54 Å². The fourth-order valence-corrected chi connectivity index (χ4v) is 3.07. The molecule has 0 unspecified atom stereocenters. The highest BCUT2D eigenvalue weighted by molar-refractivity contribution is 7.73. The molecule has 0 saturated heterocycles. The van der Waals surface area contributed by atoms with Crippen molar-refractivity contribution in [3.05, 3.63) is 39.2 Å². The third kappa shape index (κ3) is 4.02. The van der Waals surface area contributed by atoms with E-state index >= 15 is 0 Å². The van der Waals surface area contributed by atoms with Crippen molar-refractivity contribution in [2.75, 3.05) is 0 Å². The van der Waals surface area contributed by atoms with Gasteiger partial charge in [-0.3, -0.25) is 4.79 Å². The van der Waals surface area contributed by atoms with Crippen LogP contribution in [-0.2, 0) is 11.3 Å². The third-order valence-electron chi connectivity index (χ3n) is 3.45. The molecule has 1 amide bonds. The summed E-state index contributed by atoms with van der Waals surface area (Å²) in [7, 11) is 0. The van der Waals surface area contributed by atoms with Crippen molar-refractivity contribution in [2.45, 2.75) is 39.8 Å². The number of carbonyl (C=O) groups is 1. The predicted octanol–water partition coefficient (Wildman–Crippen LogP) is 4.17. The fourth-order valence-electron chi connectivity index (χ4n) is 2.00. The van der Waals surface area contributed by atoms with Crippen molar-refractivity contribution in [3.63, 3.8) is 0 Å². The van der Waals surface area contributed by atoms with Crippen molar-refractivity contribution in [3.8, 4) is 11.3 Å². The highest BCUT2D eigenvalue weighted by Crippen LogP contribution is 2.24. The fraction of sp³-hybridized carbons (Fsp3) is 0.375. The quantitative estimate of drug-likeness (QED) is 0.839. The van der Waals surface area contributed by atoms with Crippen LogP contribution in [0, 0.1) is 10.9 Å². The lowest BCUT2D eigenvalue weighted by atomic mass is 10.1. The Labute approximate surface area is 134 Å². The van der Waals surface area contributed by atoms with E-state index in [0.29, 0.717) is 0 Å². The smallest absolute Gasteiger partial charge is 0.240 e. The van der Waals surface area contributed by atoms with E-state index < -0.39 is 0 Å². The van der Waals surface area contributed by atoms with Crippen LogP contribution in [-0.4, -0.2) is 16.5 Å². The van der Waals surface area contributed by atoms with Crippen LogP contribution in [0.4, 0.5) is 0 Å². The normalized spacial score (nSPS) is 12.1. The second-order valence-electron chi connectivity index (χ2n) is 5.22. The molecule has 2 aromatic rings. The Balaban J connectivity index is 2.24. The molecule has 0 saturated carbocycles. The molecule has 21 heavy (non-hydrogen) atoms. The zero-order chi connectivity index (χ0) is 15.4. The van der Waals surface area contributed by atoms with E-state index in [0.717, 1.165) is 21.6 Å². The summed E-state index contributed by atoms with van der Waals surface area (Å²) in [6.07, 6.45) is 0.922. The van der Waals surface area contributed by atoms with Gasteiger partial charge in [0.25, 0.3) is 0 Å². The average Bonchev–Trinajstić information content (AvgIpc) is 2.81. The van der Waals surface area contributed by atoms with Gasteiger partial charge < -0.3 is 9.88 Å². The maximum Gasteiger partial charge on any atom is 0.240 e. The summed E-state index contributed by atoms with van der Waals surface area (Å²) in [5, 5.41) is 5.00. The van der Waals surface area contributed by atoms with E-state index in [9.17, 15) is 4.79 Å². The minimum absolute atomic E-state index is 0.00668. The number of amides is 1. The Morgan fingerprint density at radius 2 is 2.05 bits per heavy atom. The third-order valence-corrected chi connectivity index (χ3v) is 4.72. The summed E-state index contributed by atoms with van der Waals surface area (Å²) < 4.78 is 2.63. The number of hydrogen-bond acceptors (Lipinski definition) is 3. The molecule has 0 aliphatic rings. The van der Waals surface area contributed by atoms with Crippen LogP contribution in [0.2, 0.25) is 0 Å². The Bertz CT molecular complexity index is 670. The molecular formula is C16H20N2OS2. The number of nitrogens with zero attached hydrogens (tertiary/aromatic N) is 1. The monoisotopic (exact) mass is 320 g/mol. The zero-order valence-electron chi connectivity index (χ0n) is 12.6. The molecule has 2 rings (SSSR count). The summed E-state index contributed by atoms with van der Waals surface area (Å²) in [5.41, 5.74) is 3.31. The van der Waals surface area contributed by atoms with Gasteiger partial charge in [0.05, 0.1) is 5.69 Å². The van der Waals surface area contributed by atoms with Gasteiger partial charge in [-0.1, -0.05) is 36.8 Å². The molecule has 1 atom stereocenters. The lowest BCUT2D eigenvalue weighted by Gasteiger charge is -2.13. The first-order chi connectivity index (χ1) is 10.0. The van der Waals surface area contributed by atoms with Gasteiger partial charge in [-0.25, -0.2) is 0 Å². The molecule has 0 radical (unpaired) electrons. The first kappa shape index (κ1) is 15.9. The van der Waals surface area contributed by atoms with E-state index in [1.165, 1.54) is 16.9 Å². The second kappa shape index (κ2) is 7.00. The van der Waals surface area contributed by atoms with Gasteiger partial charge >= 0.3 is 0 Å². The topological polar surface area (TPSA) is 34.0 Å². The second-order valence-corrected chi connectivity index (χ2v) is 6.72. The molecule has 0 aliphatic carbocycles. The number of nitrogens with one attached hydrogen (secondary N) is 1. The van der Waals surface area contributed by atoms with Crippen molar-refractivity contribution < 1.29 is 4.79 Å². The number of aryl methyl sites for hydroxylation is 1. The molecule has 5 heteroatoms. The van der Waals surface area contributed by atoms with Gasteiger partial charge in [-0.05, 0) is 38.0 Å². The zero-order valence-corrected chi connectivity index (χ0v) is 14.2. The lowest BCUT2D eigenvalue weighted by molar-refractivity contribution is -0.122. The van der Waals surface area contributed by atoms with Gasteiger partial charge in [0.2, 0.25) is 5.91 Å². The summed E-state index contributed by atoms with van der Waals surface area (Å²) in [4.78, 5) is 12.1. The van der Waals surface area contributed by atoms with Crippen LogP contribution in [0.3, 0.4) is 0 Å². The van der Waals surface area contributed by atoms with Crippen molar-refractivity contribution >= 4 is 29.5 Å². The van der Waals surface area contributed by atoms with Crippen molar-refractivity contribution in [2.24, 2.45) is 0 Å². The number of carbonyl (C=O) groups excluding carboxylic acids is 1. The van der Waals surface area contributed by atoms with E-state index in [1.807, 2.05) is 16.9 Å². The van der Waals surface area contributed by atoms with Crippen molar-refractivity contribution in [1.82, 2.24) is 9.88 Å². The molecule has 3 nitrogen and oxygen atoms in total. The number of thiazole rings is 1. The number of rotatable bonds is 5. The van der Waals surface area contributed by atoms with Crippen LogP contribution in [0.1, 0.15) is 25.8 Å². The van der Waals surface area contributed by atoms with Gasteiger partial charge in [-0.15, -0.1) is 11.3 Å². The summed E-state index contributed by atoms with van der Waals surface area (Å²) in [6, 6.07) is 8.46.